The molecule has 0 saturated carbocycles. The van der Waals surface area contributed by atoms with Crippen LogP contribution in [-0.2, 0) is 9.53 Å². The number of aromatic nitrogens is 2. The van der Waals surface area contributed by atoms with Gasteiger partial charge in [-0.25, -0.2) is 0 Å². The molecule has 3 heterocycles. The molecule has 0 aromatic carbocycles. The summed E-state index contributed by atoms with van der Waals surface area (Å²) < 4.78 is 10.9. The second kappa shape index (κ2) is 6.86. The van der Waals surface area contributed by atoms with Crippen molar-refractivity contribution < 1.29 is 14.1 Å². The zero-order valence-electron chi connectivity index (χ0n) is 13.3. The molecule has 0 N–H and O–H groups in total. The molecule has 2 aromatic heterocycles. The molecule has 1 aliphatic carbocycles. The number of carbonyl (C=O) groups is 1. The lowest BCUT2D eigenvalue weighted by atomic mass is 9.81. The van der Waals surface area contributed by atoms with Gasteiger partial charge in [0.2, 0.25) is 17.6 Å². The molecule has 1 amide bonds. The van der Waals surface area contributed by atoms with Gasteiger partial charge < -0.3 is 14.2 Å². The molecule has 2 aliphatic rings. The van der Waals surface area contributed by atoms with Gasteiger partial charge in [-0.1, -0.05) is 17.3 Å². The number of hydrogen-bond donors (Lipinski definition) is 0. The van der Waals surface area contributed by atoms with E-state index in [0.717, 1.165) is 18.4 Å². The molecule has 2 aromatic rings. The molecular formula is C17H19N3O3S. The Hall–Kier alpha value is -1.99. The number of nitrogens with zero attached hydrogens (tertiary/aromatic N) is 3. The average Bonchev–Trinajstić information content (AvgIpc) is 3.33. The third kappa shape index (κ3) is 3.01. The monoisotopic (exact) mass is 345 g/mol. The van der Waals surface area contributed by atoms with E-state index in [2.05, 4.69) is 22.3 Å². The van der Waals surface area contributed by atoms with Crippen molar-refractivity contribution in [1.29, 1.82) is 0 Å². The number of allylic oxidation sites excluding steroid dienone is 2. The van der Waals surface area contributed by atoms with Crippen molar-refractivity contribution in [1.82, 2.24) is 15.0 Å². The summed E-state index contributed by atoms with van der Waals surface area (Å²) in [5.74, 6) is 1.14. The SMILES string of the molecule is O=C(C1CC=CCC1c1nc(-c2ccsc2)no1)N1CCOCC1. The smallest absolute Gasteiger partial charge is 0.231 e. The van der Waals surface area contributed by atoms with E-state index >= 15 is 0 Å². The van der Waals surface area contributed by atoms with Crippen LogP contribution in [-0.4, -0.2) is 47.3 Å². The second-order valence-corrected chi connectivity index (χ2v) is 6.84. The number of carbonyl (C=O) groups excluding carboxylic acids is 1. The van der Waals surface area contributed by atoms with E-state index in [1.54, 1.807) is 11.3 Å². The highest BCUT2D eigenvalue weighted by molar-refractivity contribution is 7.08. The minimum absolute atomic E-state index is 0.0507. The van der Waals surface area contributed by atoms with Crippen molar-refractivity contribution in [2.75, 3.05) is 26.3 Å². The van der Waals surface area contributed by atoms with Crippen LogP contribution in [0.5, 0.6) is 0 Å². The minimum atomic E-state index is -0.135. The number of hydrogen-bond acceptors (Lipinski definition) is 6. The molecule has 1 fully saturated rings. The largest absolute Gasteiger partial charge is 0.378 e. The predicted octanol–water partition coefficient (Wildman–Crippen LogP) is 2.71. The van der Waals surface area contributed by atoms with Gasteiger partial charge in [-0.15, -0.1) is 0 Å². The Labute approximate surface area is 144 Å². The first-order chi connectivity index (χ1) is 11.8. The van der Waals surface area contributed by atoms with Crippen LogP contribution in [0.4, 0.5) is 0 Å². The van der Waals surface area contributed by atoms with Gasteiger partial charge in [0.25, 0.3) is 0 Å². The van der Waals surface area contributed by atoms with Gasteiger partial charge in [0.05, 0.1) is 25.0 Å². The van der Waals surface area contributed by atoms with Gasteiger partial charge in [0.1, 0.15) is 0 Å². The maximum atomic E-state index is 12.9. The highest BCUT2D eigenvalue weighted by atomic mass is 32.1. The van der Waals surface area contributed by atoms with Gasteiger partial charge in [-0.05, 0) is 24.3 Å². The Morgan fingerprint density at radius 1 is 1.25 bits per heavy atom. The van der Waals surface area contributed by atoms with Gasteiger partial charge in [-0.3, -0.25) is 4.79 Å². The van der Waals surface area contributed by atoms with Crippen LogP contribution >= 0.6 is 11.3 Å². The molecule has 1 saturated heterocycles. The molecule has 2 atom stereocenters. The van der Waals surface area contributed by atoms with Gasteiger partial charge in [-0.2, -0.15) is 16.3 Å². The normalized spacial score (nSPS) is 24.2. The van der Waals surface area contributed by atoms with E-state index in [0.29, 0.717) is 38.0 Å². The van der Waals surface area contributed by atoms with E-state index in [1.807, 2.05) is 21.7 Å². The summed E-state index contributed by atoms with van der Waals surface area (Å²) >= 11 is 1.60. The van der Waals surface area contributed by atoms with E-state index < -0.39 is 0 Å². The molecule has 0 bridgehead atoms. The van der Waals surface area contributed by atoms with Crippen molar-refractivity contribution in [3.8, 4) is 11.4 Å². The zero-order chi connectivity index (χ0) is 16.4. The van der Waals surface area contributed by atoms with Crippen molar-refractivity contribution >= 4 is 17.2 Å². The number of thiophene rings is 1. The average molecular weight is 345 g/mol. The fraction of sp³-hybridized carbons (Fsp3) is 0.471. The topological polar surface area (TPSA) is 68.5 Å². The Morgan fingerprint density at radius 2 is 2.08 bits per heavy atom. The first kappa shape index (κ1) is 15.5. The maximum absolute atomic E-state index is 12.9. The van der Waals surface area contributed by atoms with E-state index in [9.17, 15) is 4.79 Å². The standard InChI is InChI=1S/C17H19N3O3S/c21-17(20-6-8-22-9-7-20)14-4-2-1-3-13(14)16-18-15(19-23-16)12-5-10-24-11-12/h1-2,5,10-11,13-14H,3-4,6-9H2. The van der Waals surface area contributed by atoms with Crippen LogP contribution in [0.15, 0.2) is 33.5 Å². The predicted molar refractivity (Wildman–Crippen MR) is 89.6 cm³/mol. The fourth-order valence-electron chi connectivity index (χ4n) is 3.27. The molecule has 4 rings (SSSR count). The minimum Gasteiger partial charge on any atom is -0.378 e. The lowest BCUT2D eigenvalue weighted by molar-refractivity contribution is -0.140. The Kier molecular flexibility index (Phi) is 4.44. The first-order valence-electron chi connectivity index (χ1n) is 8.20. The summed E-state index contributed by atoms with van der Waals surface area (Å²) in [7, 11) is 0. The van der Waals surface area contributed by atoms with Gasteiger partial charge >= 0.3 is 0 Å². The van der Waals surface area contributed by atoms with Crippen LogP contribution in [0.1, 0.15) is 24.7 Å². The number of ether oxygens (including phenoxy) is 1. The number of morpholine rings is 1. The molecule has 2 unspecified atom stereocenters. The molecule has 6 nitrogen and oxygen atoms in total. The van der Waals surface area contributed by atoms with Crippen molar-refractivity contribution in [3.05, 3.63) is 34.9 Å². The van der Waals surface area contributed by atoms with E-state index in [-0.39, 0.29) is 17.7 Å². The lowest BCUT2D eigenvalue weighted by Crippen LogP contribution is -2.45. The van der Waals surface area contributed by atoms with Crippen LogP contribution in [0.25, 0.3) is 11.4 Å². The third-order valence-corrected chi connectivity index (χ3v) is 5.29. The van der Waals surface area contributed by atoms with Crippen LogP contribution in [0.3, 0.4) is 0 Å². The Morgan fingerprint density at radius 3 is 2.88 bits per heavy atom. The second-order valence-electron chi connectivity index (χ2n) is 6.06. The summed E-state index contributed by atoms with van der Waals surface area (Å²) in [5, 5.41) is 8.07. The summed E-state index contributed by atoms with van der Waals surface area (Å²) in [6, 6.07) is 1.97. The molecule has 0 radical (unpaired) electrons. The summed E-state index contributed by atoms with van der Waals surface area (Å²) in [6.07, 6.45) is 5.65. The molecular weight excluding hydrogens is 326 g/mol. The molecule has 24 heavy (non-hydrogen) atoms. The molecule has 7 heteroatoms. The quantitative estimate of drug-likeness (QED) is 0.800. The maximum Gasteiger partial charge on any atom is 0.231 e. The van der Waals surface area contributed by atoms with E-state index in [4.69, 9.17) is 9.26 Å². The van der Waals surface area contributed by atoms with Gasteiger partial charge in [0.15, 0.2) is 0 Å². The fourth-order valence-corrected chi connectivity index (χ4v) is 3.91. The summed E-state index contributed by atoms with van der Waals surface area (Å²) in [5.41, 5.74) is 0.956. The summed E-state index contributed by atoms with van der Waals surface area (Å²) in [4.78, 5) is 19.4. The van der Waals surface area contributed by atoms with Crippen molar-refractivity contribution in [3.63, 3.8) is 0 Å². The number of rotatable bonds is 3. The Balaban J connectivity index is 1.56. The van der Waals surface area contributed by atoms with Crippen LogP contribution in [0, 0.1) is 5.92 Å². The van der Waals surface area contributed by atoms with E-state index in [1.165, 1.54) is 0 Å². The molecule has 0 spiro atoms. The molecule has 126 valence electrons. The number of amides is 1. The van der Waals surface area contributed by atoms with Crippen molar-refractivity contribution in [2.45, 2.75) is 18.8 Å². The van der Waals surface area contributed by atoms with Gasteiger partial charge in [0, 0.05) is 24.0 Å². The highest BCUT2D eigenvalue weighted by Crippen LogP contribution is 2.36. The first-order valence-corrected chi connectivity index (χ1v) is 9.15. The third-order valence-electron chi connectivity index (χ3n) is 4.61. The molecule has 1 aliphatic heterocycles. The zero-order valence-corrected chi connectivity index (χ0v) is 14.1. The summed E-state index contributed by atoms with van der Waals surface area (Å²) in [6.45, 7) is 2.55. The lowest BCUT2D eigenvalue weighted by Gasteiger charge is -2.33. The highest BCUT2D eigenvalue weighted by Gasteiger charge is 2.36. The van der Waals surface area contributed by atoms with Crippen LogP contribution < -0.4 is 0 Å². The van der Waals surface area contributed by atoms with Crippen molar-refractivity contribution in [2.24, 2.45) is 5.92 Å². The Bertz CT molecular complexity index is 719. The van der Waals surface area contributed by atoms with Crippen LogP contribution in [0.2, 0.25) is 0 Å².